The van der Waals surface area contributed by atoms with E-state index in [0.717, 1.165) is 50.6 Å². The first kappa shape index (κ1) is 15.3. The maximum atomic E-state index is 11.4. The number of anilines is 1. The molecule has 2 aliphatic heterocycles. The number of nitrogens with one attached hydrogen (secondary N) is 1. The third kappa shape index (κ3) is 2.50. The number of hydrogen-bond donors (Lipinski definition) is 2. The Morgan fingerprint density at radius 2 is 1.83 bits per heavy atom. The van der Waals surface area contributed by atoms with Crippen LogP contribution in [0.3, 0.4) is 0 Å². The molecule has 2 atom stereocenters. The summed E-state index contributed by atoms with van der Waals surface area (Å²) in [7, 11) is 0. The number of benzene rings is 1. The molecule has 1 aromatic rings. The molecule has 3 fully saturated rings. The van der Waals surface area contributed by atoms with Crippen molar-refractivity contribution >= 4 is 11.8 Å². The zero-order valence-corrected chi connectivity index (χ0v) is 13.7. The van der Waals surface area contributed by atoms with Crippen LogP contribution in [0.2, 0.25) is 0 Å². The Labute approximate surface area is 142 Å². The van der Waals surface area contributed by atoms with Crippen LogP contribution in [0.5, 0.6) is 0 Å². The van der Waals surface area contributed by atoms with Gasteiger partial charge in [-0.15, -0.1) is 0 Å². The second kappa shape index (κ2) is 5.70. The van der Waals surface area contributed by atoms with E-state index in [-0.39, 0.29) is 17.6 Å². The minimum Gasteiger partial charge on any atom is -0.465 e. The summed E-state index contributed by atoms with van der Waals surface area (Å²) in [5.74, 6) is 0.445. The zero-order chi connectivity index (χ0) is 16.7. The molecule has 2 N–H and O–H groups in total. The molecule has 5 heteroatoms. The van der Waals surface area contributed by atoms with Gasteiger partial charge in [-0.3, -0.25) is 0 Å². The zero-order valence-electron chi connectivity index (χ0n) is 13.7. The highest BCUT2D eigenvalue weighted by atomic mass is 16.4. The lowest BCUT2D eigenvalue weighted by molar-refractivity contribution is 0.0965. The van der Waals surface area contributed by atoms with Gasteiger partial charge in [0.15, 0.2) is 0 Å². The second-order valence-corrected chi connectivity index (χ2v) is 7.54. The van der Waals surface area contributed by atoms with Gasteiger partial charge in [0, 0.05) is 17.8 Å². The number of carbonyl (C=O) groups is 1. The van der Waals surface area contributed by atoms with Gasteiger partial charge in [-0.2, -0.15) is 5.26 Å². The minimum absolute atomic E-state index is 0.181. The van der Waals surface area contributed by atoms with Gasteiger partial charge in [-0.1, -0.05) is 12.1 Å². The Kier molecular flexibility index (Phi) is 3.64. The van der Waals surface area contributed by atoms with Gasteiger partial charge in [0.05, 0.1) is 6.07 Å². The Balaban J connectivity index is 1.45. The van der Waals surface area contributed by atoms with Gasteiger partial charge in [0.2, 0.25) is 0 Å². The molecule has 2 unspecified atom stereocenters. The lowest BCUT2D eigenvalue weighted by atomic mass is 9.78. The maximum absolute atomic E-state index is 11.4. The highest BCUT2D eigenvalue weighted by molar-refractivity contribution is 5.66. The van der Waals surface area contributed by atoms with E-state index >= 15 is 0 Å². The van der Waals surface area contributed by atoms with E-state index in [9.17, 15) is 15.2 Å². The van der Waals surface area contributed by atoms with Crippen molar-refractivity contribution < 1.29 is 9.90 Å². The molecule has 0 radical (unpaired) electrons. The quantitative estimate of drug-likeness (QED) is 0.882. The summed E-state index contributed by atoms with van der Waals surface area (Å²) in [5.41, 5.74) is 1.93. The van der Waals surface area contributed by atoms with Gasteiger partial charge < -0.3 is 15.3 Å². The van der Waals surface area contributed by atoms with Crippen LogP contribution >= 0.6 is 0 Å². The van der Waals surface area contributed by atoms with Crippen LogP contribution in [0, 0.1) is 11.3 Å². The first-order chi connectivity index (χ1) is 11.6. The van der Waals surface area contributed by atoms with Crippen LogP contribution in [-0.4, -0.2) is 33.7 Å². The molecule has 4 rings (SSSR count). The van der Waals surface area contributed by atoms with Gasteiger partial charge >= 0.3 is 6.09 Å². The van der Waals surface area contributed by atoms with E-state index < -0.39 is 6.09 Å². The number of amides is 1. The van der Waals surface area contributed by atoms with Gasteiger partial charge in [0.25, 0.3) is 0 Å². The van der Waals surface area contributed by atoms with E-state index in [2.05, 4.69) is 35.7 Å². The molecule has 2 saturated heterocycles. The van der Waals surface area contributed by atoms with Crippen molar-refractivity contribution in [2.45, 2.75) is 68.5 Å². The number of hydrogen-bond acceptors (Lipinski definition) is 3. The molecule has 1 amide bonds. The van der Waals surface area contributed by atoms with Crippen LogP contribution in [0.4, 0.5) is 10.5 Å². The third-order valence-corrected chi connectivity index (χ3v) is 6.14. The van der Waals surface area contributed by atoms with E-state index in [1.165, 1.54) is 5.56 Å². The van der Waals surface area contributed by atoms with E-state index in [1.54, 1.807) is 4.90 Å². The molecule has 0 spiro atoms. The van der Waals surface area contributed by atoms with Gasteiger partial charge in [-0.05, 0) is 68.6 Å². The summed E-state index contributed by atoms with van der Waals surface area (Å²) in [5, 5.41) is 22.1. The molecule has 1 aromatic carbocycles. The molecule has 1 aliphatic carbocycles. The van der Waals surface area contributed by atoms with Crippen LogP contribution in [-0.2, 0) is 0 Å². The average molecular weight is 325 g/mol. The SMILES string of the molecule is N#CC1(Nc2ccc(C3CC4CCC(C3)N4C(=O)O)cc2)CCC1. The molecule has 5 nitrogen and oxygen atoms in total. The third-order valence-electron chi connectivity index (χ3n) is 6.14. The fourth-order valence-corrected chi connectivity index (χ4v) is 4.67. The Morgan fingerprint density at radius 1 is 1.21 bits per heavy atom. The van der Waals surface area contributed by atoms with E-state index in [1.807, 2.05) is 0 Å². The standard InChI is InChI=1S/C19H23N3O2/c20-12-19(8-1-9-19)21-15-4-2-13(3-5-15)14-10-16-6-7-17(11-14)22(16)18(23)24/h2-5,14,16-17,21H,1,6-11H2,(H,23,24). The normalized spacial score (nSPS) is 30.3. The first-order valence-electron chi connectivity index (χ1n) is 8.91. The monoisotopic (exact) mass is 325 g/mol. The van der Waals surface area contributed by atoms with Crippen molar-refractivity contribution in [3.05, 3.63) is 29.8 Å². The van der Waals surface area contributed by atoms with Crippen molar-refractivity contribution in [2.75, 3.05) is 5.32 Å². The number of rotatable bonds is 3. The molecule has 3 aliphatic rings. The second-order valence-electron chi connectivity index (χ2n) is 7.54. The number of fused-ring (bicyclic) bond motifs is 2. The average Bonchev–Trinajstić information content (AvgIpc) is 2.82. The molecule has 1 saturated carbocycles. The minimum atomic E-state index is -0.761. The molecule has 126 valence electrons. The largest absolute Gasteiger partial charge is 0.465 e. The van der Waals surface area contributed by atoms with E-state index in [0.29, 0.717) is 5.92 Å². The fourth-order valence-electron chi connectivity index (χ4n) is 4.67. The van der Waals surface area contributed by atoms with Crippen molar-refractivity contribution in [1.82, 2.24) is 4.90 Å². The molecule has 24 heavy (non-hydrogen) atoms. The molecular formula is C19H23N3O2. The highest BCUT2D eigenvalue weighted by Gasteiger charge is 2.43. The molecule has 2 bridgehead atoms. The summed E-state index contributed by atoms with van der Waals surface area (Å²) in [4.78, 5) is 13.1. The summed E-state index contributed by atoms with van der Waals surface area (Å²) < 4.78 is 0. The molecule has 2 heterocycles. The fraction of sp³-hybridized carbons (Fsp3) is 0.579. The van der Waals surface area contributed by atoms with Crippen molar-refractivity contribution in [3.8, 4) is 6.07 Å². The van der Waals surface area contributed by atoms with Gasteiger partial charge in [-0.25, -0.2) is 4.79 Å². The summed E-state index contributed by atoms with van der Waals surface area (Å²) >= 11 is 0. The van der Waals surface area contributed by atoms with Crippen LogP contribution < -0.4 is 5.32 Å². The number of piperidine rings is 1. The lowest BCUT2D eigenvalue weighted by Crippen LogP contribution is -2.45. The van der Waals surface area contributed by atoms with Crippen LogP contribution in [0.1, 0.15) is 56.4 Å². The predicted octanol–water partition coefficient (Wildman–Crippen LogP) is 3.93. The molecule has 0 aromatic heterocycles. The van der Waals surface area contributed by atoms with Crippen molar-refractivity contribution in [3.63, 3.8) is 0 Å². The maximum Gasteiger partial charge on any atom is 0.407 e. The number of nitrogens with zero attached hydrogens (tertiary/aromatic N) is 2. The predicted molar refractivity (Wildman–Crippen MR) is 90.9 cm³/mol. The Bertz CT molecular complexity index is 661. The van der Waals surface area contributed by atoms with Gasteiger partial charge in [0.1, 0.15) is 5.54 Å². The smallest absolute Gasteiger partial charge is 0.407 e. The molecular weight excluding hydrogens is 302 g/mol. The van der Waals surface area contributed by atoms with Crippen molar-refractivity contribution in [2.24, 2.45) is 0 Å². The van der Waals surface area contributed by atoms with Crippen LogP contribution in [0.25, 0.3) is 0 Å². The number of carboxylic acid groups (broad SMARTS) is 1. The van der Waals surface area contributed by atoms with Crippen molar-refractivity contribution in [1.29, 1.82) is 5.26 Å². The summed E-state index contributed by atoms with van der Waals surface area (Å²) in [6, 6.07) is 11.2. The summed E-state index contributed by atoms with van der Waals surface area (Å²) in [6.45, 7) is 0. The lowest BCUT2D eigenvalue weighted by Gasteiger charge is -2.38. The first-order valence-corrected chi connectivity index (χ1v) is 8.91. The number of nitriles is 1. The van der Waals surface area contributed by atoms with Crippen LogP contribution in [0.15, 0.2) is 24.3 Å². The topological polar surface area (TPSA) is 76.4 Å². The Hall–Kier alpha value is -2.22. The summed E-state index contributed by atoms with van der Waals surface area (Å²) in [6.07, 6.45) is 6.04. The highest BCUT2D eigenvalue weighted by Crippen LogP contribution is 2.43. The Morgan fingerprint density at radius 3 is 2.29 bits per heavy atom. The van der Waals surface area contributed by atoms with E-state index in [4.69, 9.17) is 0 Å².